The van der Waals surface area contributed by atoms with Gasteiger partial charge in [-0.05, 0) is 38.0 Å². The van der Waals surface area contributed by atoms with Crippen molar-refractivity contribution < 1.29 is 21.6 Å². The zero-order valence-electron chi connectivity index (χ0n) is 21.4. The number of hydrogen-bond acceptors (Lipinski definition) is 8. The molecule has 0 amide bonds. The van der Waals surface area contributed by atoms with E-state index in [9.17, 15) is 21.6 Å². The summed E-state index contributed by atoms with van der Waals surface area (Å²) >= 11 is 0. The number of aromatic amines is 1. The lowest BCUT2D eigenvalue weighted by Crippen LogP contribution is -2.35. The van der Waals surface area contributed by atoms with E-state index in [1.165, 1.54) is 22.7 Å². The number of nitrogens with one attached hydrogen (secondary N) is 1. The summed E-state index contributed by atoms with van der Waals surface area (Å²) in [6.07, 6.45) is 5.20. The van der Waals surface area contributed by atoms with Crippen LogP contribution in [0, 0.1) is 6.92 Å². The van der Waals surface area contributed by atoms with Crippen molar-refractivity contribution in [3.63, 3.8) is 0 Å². The first-order valence-corrected chi connectivity index (χ1v) is 15.5. The Morgan fingerprint density at radius 2 is 1.78 bits per heavy atom. The third-order valence-corrected chi connectivity index (χ3v) is 8.88. The van der Waals surface area contributed by atoms with Crippen molar-refractivity contribution in [2.45, 2.75) is 59.3 Å². The molecule has 0 aliphatic rings. The molecule has 13 heteroatoms. The molecule has 11 nitrogen and oxygen atoms in total. The van der Waals surface area contributed by atoms with E-state index in [1.54, 1.807) is 6.92 Å². The van der Waals surface area contributed by atoms with Crippen LogP contribution >= 0.6 is 0 Å². The summed E-state index contributed by atoms with van der Waals surface area (Å²) in [5, 5.41) is 4.65. The van der Waals surface area contributed by atoms with E-state index in [4.69, 9.17) is 4.74 Å². The van der Waals surface area contributed by atoms with Crippen LogP contribution in [0.4, 0.5) is 5.69 Å². The number of aryl methyl sites for hydroxylation is 1. The normalized spacial score (nSPS) is 13.2. The summed E-state index contributed by atoms with van der Waals surface area (Å²) in [6.45, 7) is 8.15. The van der Waals surface area contributed by atoms with E-state index in [2.05, 4.69) is 22.0 Å². The Balaban J connectivity index is 2.30. The average molecular weight is 540 g/mol. The molecule has 0 aliphatic carbocycles. The maximum atomic E-state index is 13.1. The highest BCUT2D eigenvalue weighted by Gasteiger charge is 2.29. The smallest absolute Gasteiger partial charge is 0.277 e. The minimum Gasteiger partial charge on any atom is -0.493 e. The Morgan fingerprint density at radius 1 is 1.11 bits per heavy atom. The van der Waals surface area contributed by atoms with Gasteiger partial charge < -0.3 is 9.72 Å². The molecule has 1 atom stereocenters. The molecule has 198 valence electrons. The number of nitrogens with zero attached hydrogens (tertiary/aromatic N) is 4. The molecule has 0 saturated carbocycles. The molecule has 0 spiro atoms. The highest BCUT2D eigenvalue weighted by Crippen LogP contribution is 2.34. The van der Waals surface area contributed by atoms with Gasteiger partial charge in [0.1, 0.15) is 11.6 Å². The minimum absolute atomic E-state index is 0.0430. The molecule has 0 saturated heterocycles. The predicted octanol–water partition coefficient (Wildman–Crippen LogP) is 3.20. The van der Waals surface area contributed by atoms with Gasteiger partial charge in [0.15, 0.2) is 11.3 Å². The molecule has 2 aromatic heterocycles. The highest BCUT2D eigenvalue weighted by atomic mass is 32.3. The molecular weight excluding hydrogens is 506 g/mol. The first-order valence-electron chi connectivity index (χ1n) is 11.8. The van der Waals surface area contributed by atoms with Gasteiger partial charge in [-0.15, -0.1) is 5.10 Å². The van der Waals surface area contributed by atoms with Crippen LogP contribution in [-0.2, 0) is 20.0 Å². The largest absolute Gasteiger partial charge is 0.493 e. The Morgan fingerprint density at radius 3 is 2.36 bits per heavy atom. The first kappa shape index (κ1) is 27.7. The number of hydrogen-bond donors (Lipinski definition) is 1. The van der Waals surface area contributed by atoms with E-state index in [0.717, 1.165) is 31.8 Å². The fraction of sp³-hybridized carbons (Fsp3) is 0.522. The second-order valence-corrected chi connectivity index (χ2v) is 12.8. The third kappa shape index (κ3) is 5.72. The van der Waals surface area contributed by atoms with Crippen LogP contribution in [0.25, 0.3) is 16.9 Å². The lowest BCUT2D eigenvalue weighted by atomic mass is 10.0. The van der Waals surface area contributed by atoms with Crippen molar-refractivity contribution >= 4 is 31.3 Å². The first-order chi connectivity index (χ1) is 16.8. The number of aromatic nitrogens is 4. The predicted molar refractivity (Wildman–Crippen MR) is 140 cm³/mol. The maximum Gasteiger partial charge on any atom is 0.277 e. The van der Waals surface area contributed by atoms with E-state index in [0.29, 0.717) is 39.5 Å². The van der Waals surface area contributed by atoms with Gasteiger partial charge in [-0.3, -0.25) is 4.79 Å². The standard InChI is InChI=1S/C23H33N5O6S2/c1-7-9-10-15(3)22-24-16(4)20-23(29)25-21(26-27(20)22)18-14-17(11-12-19(18)34-13-8-2)28(35(5,30)31)36(6,32)33/h11-12,14-15H,7-10,13H2,1-6H3,(H,25,26,29). The lowest BCUT2D eigenvalue weighted by molar-refractivity contribution is 0.318. The monoisotopic (exact) mass is 539 g/mol. The summed E-state index contributed by atoms with van der Waals surface area (Å²) in [5.74, 6) is 1.11. The third-order valence-electron chi connectivity index (χ3n) is 5.63. The summed E-state index contributed by atoms with van der Waals surface area (Å²) in [7, 11) is -8.35. The van der Waals surface area contributed by atoms with Crippen LogP contribution in [0.2, 0.25) is 0 Å². The SMILES string of the molecule is CCCCC(C)c1nc(C)c2c(=O)[nH]c(-c3cc(N(S(C)(=O)=O)S(C)(=O)=O)ccc3OCCC)nn12. The van der Waals surface area contributed by atoms with Crippen LogP contribution in [0.5, 0.6) is 5.75 Å². The number of unbranched alkanes of at least 4 members (excludes halogenated alkanes) is 1. The molecule has 0 bridgehead atoms. The Hall–Kier alpha value is -2.93. The van der Waals surface area contributed by atoms with E-state index in [-0.39, 0.29) is 23.0 Å². The number of fused-ring (bicyclic) bond motifs is 1. The van der Waals surface area contributed by atoms with Crippen molar-refractivity contribution in [1.82, 2.24) is 19.6 Å². The molecule has 3 aromatic rings. The van der Waals surface area contributed by atoms with Gasteiger partial charge >= 0.3 is 0 Å². The van der Waals surface area contributed by atoms with Crippen molar-refractivity contribution in [2.75, 3.05) is 22.8 Å². The number of benzene rings is 1. The van der Waals surface area contributed by atoms with Crippen molar-refractivity contribution in [3.05, 3.63) is 40.1 Å². The molecule has 0 fully saturated rings. The molecule has 2 heterocycles. The minimum atomic E-state index is -4.17. The second-order valence-electron chi connectivity index (χ2n) is 8.91. The van der Waals surface area contributed by atoms with Crippen LogP contribution in [0.3, 0.4) is 0 Å². The van der Waals surface area contributed by atoms with Gasteiger partial charge in [-0.1, -0.05) is 33.6 Å². The van der Waals surface area contributed by atoms with Gasteiger partial charge in [-0.2, -0.15) is 3.71 Å². The zero-order valence-corrected chi connectivity index (χ0v) is 23.0. The quantitative estimate of drug-likeness (QED) is 0.391. The van der Waals surface area contributed by atoms with Crippen molar-refractivity contribution in [2.24, 2.45) is 0 Å². The number of H-pyrrole nitrogens is 1. The van der Waals surface area contributed by atoms with Gasteiger partial charge in [-0.25, -0.2) is 26.3 Å². The van der Waals surface area contributed by atoms with Crippen LogP contribution < -0.4 is 14.0 Å². The molecule has 36 heavy (non-hydrogen) atoms. The van der Waals surface area contributed by atoms with Crippen molar-refractivity contribution in [1.29, 1.82) is 0 Å². The zero-order chi connectivity index (χ0) is 26.8. The highest BCUT2D eigenvalue weighted by molar-refractivity contribution is 8.09. The number of sulfonamides is 2. The molecule has 1 aromatic carbocycles. The fourth-order valence-electron chi connectivity index (χ4n) is 4.06. The van der Waals surface area contributed by atoms with Crippen LogP contribution in [0.1, 0.15) is 63.9 Å². The Bertz CT molecular complexity index is 1490. The summed E-state index contributed by atoms with van der Waals surface area (Å²) in [4.78, 5) is 20.4. The van der Waals surface area contributed by atoms with Gasteiger partial charge in [0.25, 0.3) is 5.56 Å². The summed E-state index contributed by atoms with van der Waals surface area (Å²) < 4.78 is 57.1. The summed E-state index contributed by atoms with van der Waals surface area (Å²) in [6, 6.07) is 4.14. The number of rotatable bonds is 11. The average Bonchev–Trinajstić information content (AvgIpc) is 3.11. The molecule has 0 aliphatic heterocycles. The maximum absolute atomic E-state index is 13.1. The lowest BCUT2D eigenvalue weighted by Gasteiger charge is -2.21. The van der Waals surface area contributed by atoms with Gasteiger partial charge in [0.05, 0.1) is 36.1 Å². The van der Waals surface area contributed by atoms with Crippen LogP contribution in [-0.4, -0.2) is 55.5 Å². The number of anilines is 1. The van der Waals surface area contributed by atoms with E-state index in [1.807, 2.05) is 13.8 Å². The summed E-state index contributed by atoms with van der Waals surface area (Å²) in [5.41, 5.74) is 0.563. The molecule has 1 N–H and O–H groups in total. The van der Waals surface area contributed by atoms with Gasteiger partial charge in [0.2, 0.25) is 20.0 Å². The molecule has 0 radical (unpaired) electrons. The molecular formula is C23H33N5O6S2. The Kier molecular flexibility index (Phi) is 8.13. The van der Waals surface area contributed by atoms with Crippen LogP contribution in [0.15, 0.2) is 23.0 Å². The fourth-order valence-corrected chi connectivity index (χ4v) is 7.02. The number of imidazole rings is 1. The number of ether oxygens (including phenoxy) is 1. The van der Waals surface area contributed by atoms with E-state index < -0.39 is 25.6 Å². The second kappa shape index (κ2) is 10.6. The molecule has 1 unspecified atom stereocenters. The molecule has 3 rings (SSSR count). The topological polar surface area (TPSA) is 144 Å². The van der Waals surface area contributed by atoms with E-state index >= 15 is 0 Å². The van der Waals surface area contributed by atoms with Gasteiger partial charge in [0, 0.05) is 5.92 Å². The Labute approximate surface area is 211 Å². The van der Waals surface area contributed by atoms with Crippen molar-refractivity contribution in [3.8, 4) is 17.1 Å².